The Morgan fingerprint density at radius 1 is 1.29 bits per heavy atom. The van der Waals surface area contributed by atoms with E-state index in [2.05, 4.69) is 5.32 Å². The highest BCUT2D eigenvalue weighted by atomic mass is 16.2. The Hall–Kier alpha value is -1.10. The van der Waals surface area contributed by atoms with Crippen LogP contribution in [0, 0.1) is 0 Å². The fourth-order valence-electron chi connectivity index (χ4n) is 1.46. The maximum atomic E-state index is 11.8. The molecule has 0 rings (SSSR count). The van der Waals surface area contributed by atoms with E-state index in [4.69, 9.17) is 5.73 Å². The summed E-state index contributed by atoms with van der Waals surface area (Å²) in [6.07, 6.45) is 2.03. The molecule has 100 valence electrons. The van der Waals surface area contributed by atoms with Crippen LogP contribution in [0.15, 0.2) is 0 Å². The second-order valence-electron chi connectivity index (χ2n) is 4.35. The van der Waals surface area contributed by atoms with Gasteiger partial charge in [0.2, 0.25) is 11.8 Å². The average molecular weight is 243 g/mol. The molecule has 0 aliphatic carbocycles. The molecule has 1 unspecified atom stereocenters. The monoisotopic (exact) mass is 243 g/mol. The lowest BCUT2D eigenvalue weighted by atomic mass is 10.2. The first kappa shape index (κ1) is 15.9. The summed E-state index contributed by atoms with van der Waals surface area (Å²) in [4.78, 5) is 24.9. The molecular formula is C12H25N3O2. The lowest BCUT2D eigenvalue weighted by Gasteiger charge is -2.22. The Labute approximate surface area is 104 Å². The van der Waals surface area contributed by atoms with Gasteiger partial charge in [-0.05, 0) is 19.8 Å². The number of amides is 2. The molecule has 0 saturated carbocycles. The standard InChI is InChI=1S/C12H25N3O2/c1-4-6-14-11(16)9-15(7-5-2)12(17)8-10(3)13/h10H,4-9,13H2,1-3H3,(H,14,16). The van der Waals surface area contributed by atoms with Gasteiger partial charge in [0.05, 0.1) is 6.54 Å². The van der Waals surface area contributed by atoms with E-state index in [1.165, 1.54) is 0 Å². The Morgan fingerprint density at radius 2 is 1.94 bits per heavy atom. The molecule has 3 N–H and O–H groups in total. The van der Waals surface area contributed by atoms with Gasteiger partial charge in [-0.15, -0.1) is 0 Å². The maximum Gasteiger partial charge on any atom is 0.239 e. The summed E-state index contributed by atoms with van der Waals surface area (Å²) < 4.78 is 0. The SMILES string of the molecule is CCCNC(=O)CN(CCC)C(=O)CC(C)N. The number of hydrogen-bond acceptors (Lipinski definition) is 3. The summed E-state index contributed by atoms with van der Waals surface area (Å²) in [5, 5.41) is 2.77. The van der Waals surface area contributed by atoms with Crippen molar-refractivity contribution in [3.63, 3.8) is 0 Å². The predicted octanol–water partition coefficient (Wildman–Crippen LogP) is 0.489. The number of nitrogens with one attached hydrogen (secondary N) is 1. The Balaban J connectivity index is 4.21. The molecule has 2 amide bonds. The van der Waals surface area contributed by atoms with Gasteiger partial charge in [0, 0.05) is 25.6 Å². The van der Waals surface area contributed by atoms with Crippen LogP contribution in [0.3, 0.4) is 0 Å². The molecule has 0 radical (unpaired) electrons. The third-order valence-electron chi connectivity index (χ3n) is 2.25. The minimum absolute atomic E-state index is 0.0477. The molecule has 0 heterocycles. The number of nitrogens with zero attached hydrogens (tertiary/aromatic N) is 1. The van der Waals surface area contributed by atoms with Gasteiger partial charge in [0.15, 0.2) is 0 Å². The van der Waals surface area contributed by atoms with Gasteiger partial charge in [0.1, 0.15) is 0 Å². The fourth-order valence-corrected chi connectivity index (χ4v) is 1.46. The van der Waals surface area contributed by atoms with Gasteiger partial charge in [-0.2, -0.15) is 0 Å². The Morgan fingerprint density at radius 3 is 2.41 bits per heavy atom. The van der Waals surface area contributed by atoms with Crippen LogP contribution in [0.5, 0.6) is 0 Å². The van der Waals surface area contributed by atoms with E-state index in [9.17, 15) is 9.59 Å². The van der Waals surface area contributed by atoms with Crippen molar-refractivity contribution in [2.45, 2.75) is 46.1 Å². The number of carbonyl (C=O) groups is 2. The van der Waals surface area contributed by atoms with E-state index in [-0.39, 0.29) is 24.4 Å². The van der Waals surface area contributed by atoms with Crippen LogP contribution < -0.4 is 11.1 Å². The summed E-state index contributed by atoms with van der Waals surface area (Å²) in [5.74, 6) is -0.146. The first-order valence-electron chi connectivity index (χ1n) is 6.31. The lowest BCUT2D eigenvalue weighted by Crippen LogP contribution is -2.42. The van der Waals surface area contributed by atoms with E-state index >= 15 is 0 Å². The van der Waals surface area contributed by atoms with Gasteiger partial charge in [-0.25, -0.2) is 0 Å². The maximum absolute atomic E-state index is 11.8. The van der Waals surface area contributed by atoms with Crippen LogP contribution in [0.4, 0.5) is 0 Å². The fraction of sp³-hybridized carbons (Fsp3) is 0.833. The summed E-state index contributed by atoms with van der Waals surface area (Å²) >= 11 is 0. The van der Waals surface area contributed by atoms with Crippen molar-refractivity contribution in [1.29, 1.82) is 0 Å². The normalized spacial score (nSPS) is 12.0. The van der Waals surface area contributed by atoms with Crippen molar-refractivity contribution in [2.75, 3.05) is 19.6 Å². The van der Waals surface area contributed by atoms with E-state index in [0.717, 1.165) is 12.8 Å². The summed E-state index contributed by atoms with van der Waals surface area (Å²) in [7, 11) is 0. The van der Waals surface area contributed by atoms with E-state index in [1.807, 2.05) is 13.8 Å². The summed E-state index contributed by atoms with van der Waals surface area (Å²) in [5.41, 5.74) is 5.59. The highest BCUT2D eigenvalue weighted by Gasteiger charge is 2.16. The molecule has 0 aliphatic heterocycles. The number of nitrogens with two attached hydrogens (primary N) is 1. The molecule has 0 saturated heterocycles. The Bertz CT molecular complexity index is 242. The van der Waals surface area contributed by atoms with Crippen molar-refractivity contribution < 1.29 is 9.59 Å². The number of hydrogen-bond donors (Lipinski definition) is 2. The molecule has 0 aromatic carbocycles. The molecule has 0 fully saturated rings. The first-order chi connectivity index (χ1) is 8.01. The molecule has 0 aliphatic rings. The largest absolute Gasteiger partial charge is 0.355 e. The number of rotatable bonds is 8. The summed E-state index contributed by atoms with van der Waals surface area (Å²) in [6, 6.07) is -0.166. The zero-order valence-corrected chi connectivity index (χ0v) is 11.2. The van der Waals surface area contributed by atoms with Gasteiger partial charge < -0.3 is 16.0 Å². The van der Waals surface area contributed by atoms with Crippen molar-refractivity contribution in [3.05, 3.63) is 0 Å². The minimum Gasteiger partial charge on any atom is -0.355 e. The lowest BCUT2D eigenvalue weighted by molar-refractivity contribution is -0.136. The molecule has 1 atom stereocenters. The van der Waals surface area contributed by atoms with Crippen LogP contribution in [-0.2, 0) is 9.59 Å². The van der Waals surface area contributed by atoms with Crippen LogP contribution in [0.1, 0.15) is 40.0 Å². The zero-order valence-electron chi connectivity index (χ0n) is 11.2. The van der Waals surface area contributed by atoms with Crippen LogP contribution in [0.2, 0.25) is 0 Å². The van der Waals surface area contributed by atoms with Crippen molar-refractivity contribution in [2.24, 2.45) is 5.73 Å². The number of carbonyl (C=O) groups excluding carboxylic acids is 2. The highest BCUT2D eigenvalue weighted by Crippen LogP contribution is 1.99. The zero-order chi connectivity index (χ0) is 13.3. The van der Waals surface area contributed by atoms with Crippen molar-refractivity contribution in [3.8, 4) is 0 Å². The van der Waals surface area contributed by atoms with Crippen LogP contribution in [0.25, 0.3) is 0 Å². The molecule has 0 bridgehead atoms. The third kappa shape index (κ3) is 7.74. The van der Waals surface area contributed by atoms with Crippen LogP contribution >= 0.6 is 0 Å². The topological polar surface area (TPSA) is 75.4 Å². The van der Waals surface area contributed by atoms with Gasteiger partial charge in [-0.3, -0.25) is 9.59 Å². The van der Waals surface area contributed by atoms with E-state index in [1.54, 1.807) is 11.8 Å². The average Bonchev–Trinajstić information content (AvgIpc) is 2.24. The third-order valence-corrected chi connectivity index (χ3v) is 2.25. The first-order valence-corrected chi connectivity index (χ1v) is 6.31. The van der Waals surface area contributed by atoms with Crippen LogP contribution in [-0.4, -0.2) is 42.4 Å². The highest BCUT2D eigenvalue weighted by molar-refractivity contribution is 5.84. The second-order valence-corrected chi connectivity index (χ2v) is 4.35. The van der Waals surface area contributed by atoms with Crippen molar-refractivity contribution in [1.82, 2.24) is 10.2 Å². The summed E-state index contributed by atoms with van der Waals surface area (Å²) in [6.45, 7) is 7.16. The Kier molecular flexibility index (Phi) is 8.40. The second kappa shape index (κ2) is 8.98. The van der Waals surface area contributed by atoms with Gasteiger partial charge in [-0.1, -0.05) is 13.8 Å². The quantitative estimate of drug-likeness (QED) is 0.651. The van der Waals surface area contributed by atoms with E-state index in [0.29, 0.717) is 19.5 Å². The van der Waals surface area contributed by atoms with E-state index < -0.39 is 0 Å². The molecule has 0 aromatic heterocycles. The molecule has 5 nitrogen and oxygen atoms in total. The smallest absolute Gasteiger partial charge is 0.239 e. The molecule has 5 heteroatoms. The minimum atomic E-state index is -0.166. The van der Waals surface area contributed by atoms with Gasteiger partial charge in [0.25, 0.3) is 0 Å². The molecule has 17 heavy (non-hydrogen) atoms. The molecule has 0 aromatic rings. The van der Waals surface area contributed by atoms with Gasteiger partial charge >= 0.3 is 0 Å². The molecular weight excluding hydrogens is 218 g/mol. The molecule has 0 spiro atoms. The van der Waals surface area contributed by atoms with Crippen molar-refractivity contribution >= 4 is 11.8 Å². The predicted molar refractivity (Wildman–Crippen MR) is 68.4 cm³/mol.